The molecule has 144 valence electrons. The van der Waals surface area contributed by atoms with Crippen LogP contribution in [0, 0.1) is 11.6 Å². The highest BCUT2D eigenvalue weighted by molar-refractivity contribution is 8.00. The van der Waals surface area contributed by atoms with Gasteiger partial charge in [0.25, 0.3) is 5.91 Å². The zero-order chi connectivity index (χ0) is 20.0. The van der Waals surface area contributed by atoms with Crippen LogP contribution in [0.5, 0.6) is 0 Å². The van der Waals surface area contributed by atoms with Crippen LogP contribution in [-0.2, 0) is 14.3 Å². The molecule has 0 spiro atoms. The van der Waals surface area contributed by atoms with Crippen LogP contribution in [0.2, 0.25) is 0 Å². The lowest BCUT2D eigenvalue weighted by Gasteiger charge is -2.17. The number of carbonyl (C=O) groups excluding carboxylic acids is 2. The summed E-state index contributed by atoms with van der Waals surface area (Å²) in [5.41, 5.74) is 1.64. The van der Waals surface area contributed by atoms with E-state index in [0.717, 1.165) is 35.5 Å². The van der Waals surface area contributed by atoms with E-state index < -0.39 is 29.6 Å². The quantitative estimate of drug-likeness (QED) is 0.545. The van der Waals surface area contributed by atoms with Gasteiger partial charge in [-0.15, -0.1) is 11.8 Å². The minimum absolute atomic E-state index is 0.00918. The van der Waals surface area contributed by atoms with Crippen molar-refractivity contribution in [3.8, 4) is 0 Å². The molecule has 0 bridgehead atoms. The van der Waals surface area contributed by atoms with E-state index in [1.165, 1.54) is 6.92 Å². The number of benzene rings is 2. The average Bonchev–Trinajstić information content (AvgIpc) is 2.62. The minimum atomic E-state index is -1.02. The Morgan fingerprint density at radius 3 is 2.52 bits per heavy atom. The molecule has 27 heavy (non-hydrogen) atoms. The van der Waals surface area contributed by atoms with Crippen molar-refractivity contribution in [3.63, 3.8) is 0 Å². The third kappa shape index (κ3) is 6.06. The van der Waals surface area contributed by atoms with Crippen LogP contribution in [0.15, 0.2) is 47.4 Å². The lowest BCUT2D eigenvalue weighted by atomic mass is 10.0. The lowest BCUT2D eigenvalue weighted by molar-refractivity contribution is -0.150. The maximum Gasteiger partial charge on any atom is 0.317 e. The Labute approximate surface area is 161 Å². The number of rotatable bonds is 7. The third-order valence-corrected chi connectivity index (χ3v) is 4.76. The van der Waals surface area contributed by atoms with Crippen molar-refractivity contribution in [2.24, 2.45) is 0 Å². The number of halogens is 2. The van der Waals surface area contributed by atoms with Gasteiger partial charge in [-0.3, -0.25) is 9.59 Å². The number of hydrogen-bond acceptors (Lipinski definition) is 4. The van der Waals surface area contributed by atoms with Gasteiger partial charge in [0, 0.05) is 10.6 Å². The zero-order valence-electron chi connectivity index (χ0n) is 15.3. The van der Waals surface area contributed by atoms with E-state index in [0.29, 0.717) is 5.69 Å². The van der Waals surface area contributed by atoms with E-state index in [9.17, 15) is 18.4 Å². The Hall–Kier alpha value is -2.41. The Bertz CT molecular complexity index is 827. The Balaban J connectivity index is 1.90. The highest BCUT2D eigenvalue weighted by Crippen LogP contribution is 2.25. The predicted octanol–water partition coefficient (Wildman–Crippen LogP) is 4.75. The van der Waals surface area contributed by atoms with Crippen LogP contribution in [0.1, 0.15) is 32.3 Å². The standard InChI is InChI=1S/C20H21F2NO3S/c1-12(2)15-6-4-5-7-17(15)23-20(25)13(3)26-19(24)11-27-18-10-14(21)8-9-16(18)22/h4-10,12-13H,11H2,1-3H3,(H,23,25)/t13-/m1/s1. The molecule has 0 saturated carbocycles. The molecule has 2 aromatic carbocycles. The van der Waals surface area contributed by atoms with Crippen molar-refractivity contribution in [1.82, 2.24) is 0 Å². The van der Waals surface area contributed by atoms with E-state index in [2.05, 4.69) is 5.32 Å². The van der Waals surface area contributed by atoms with Gasteiger partial charge in [0.2, 0.25) is 0 Å². The third-order valence-electron chi connectivity index (χ3n) is 3.76. The summed E-state index contributed by atoms with van der Waals surface area (Å²) < 4.78 is 31.8. The van der Waals surface area contributed by atoms with Gasteiger partial charge < -0.3 is 10.1 Å². The van der Waals surface area contributed by atoms with E-state index in [1.54, 1.807) is 6.07 Å². The first-order chi connectivity index (χ1) is 12.8. The summed E-state index contributed by atoms with van der Waals surface area (Å²) in [6, 6.07) is 10.4. The fourth-order valence-corrected chi connectivity index (χ4v) is 3.10. The molecule has 0 saturated heterocycles. The number of esters is 1. The normalized spacial score (nSPS) is 11.9. The van der Waals surface area contributed by atoms with Crippen LogP contribution >= 0.6 is 11.8 Å². The van der Waals surface area contributed by atoms with Crippen LogP contribution in [0.3, 0.4) is 0 Å². The molecule has 0 aliphatic carbocycles. The zero-order valence-corrected chi connectivity index (χ0v) is 16.1. The average molecular weight is 393 g/mol. The summed E-state index contributed by atoms with van der Waals surface area (Å²) in [5, 5.41) is 2.75. The molecule has 0 aliphatic heterocycles. The van der Waals surface area contributed by atoms with Gasteiger partial charge in [-0.1, -0.05) is 32.0 Å². The maximum atomic E-state index is 13.6. The molecule has 4 nitrogen and oxygen atoms in total. The molecule has 2 rings (SSSR count). The number of para-hydroxylation sites is 1. The Morgan fingerprint density at radius 1 is 1.11 bits per heavy atom. The van der Waals surface area contributed by atoms with Crippen molar-refractivity contribution >= 4 is 29.3 Å². The summed E-state index contributed by atoms with van der Waals surface area (Å²) in [4.78, 5) is 24.2. The van der Waals surface area contributed by atoms with Gasteiger partial charge in [-0.25, -0.2) is 8.78 Å². The van der Waals surface area contributed by atoms with Crippen molar-refractivity contribution < 1.29 is 23.1 Å². The van der Waals surface area contributed by atoms with Crippen LogP contribution in [0.4, 0.5) is 14.5 Å². The number of hydrogen-bond donors (Lipinski definition) is 1. The topological polar surface area (TPSA) is 55.4 Å². The van der Waals surface area contributed by atoms with Crippen molar-refractivity contribution in [2.45, 2.75) is 37.7 Å². The van der Waals surface area contributed by atoms with Gasteiger partial charge in [-0.05, 0) is 42.7 Å². The summed E-state index contributed by atoms with van der Waals surface area (Å²) in [6.45, 7) is 5.48. The molecule has 1 atom stereocenters. The molecule has 0 aliphatic rings. The second kappa shape index (κ2) is 9.50. The molecule has 2 aromatic rings. The lowest BCUT2D eigenvalue weighted by Crippen LogP contribution is -2.30. The summed E-state index contributed by atoms with van der Waals surface area (Å²) >= 11 is 0.812. The van der Waals surface area contributed by atoms with E-state index in [-0.39, 0.29) is 16.6 Å². The first-order valence-corrected chi connectivity index (χ1v) is 9.43. The van der Waals surface area contributed by atoms with Crippen molar-refractivity contribution in [1.29, 1.82) is 0 Å². The molecular weight excluding hydrogens is 372 g/mol. The first kappa shape index (κ1) is 20.9. The smallest absolute Gasteiger partial charge is 0.317 e. The molecule has 0 unspecified atom stereocenters. The maximum absolute atomic E-state index is 13.6. The van der Waals surface area contributed by atoms with E-state index >= 15 is 0 Å². The van der Waals surface area contributed by atoms with E-state index in [1.807, 2.05) is 32.0 Å². The Kier molecular flexibility index (Phi) is 7.36. The highest BCUT2D eigenvalue weighted by Gasteiger charge is 2.20. The number of nitrogens with one attached hydrogen (secondary N) is 1. The monoisotopic (exact) mass is 393 g/mol. The summed E-state index contributed by atoms with van der Waals surface area (Å²) in [7, 11) is 0. The number of amides is 1. The van der Waals surface area contributed by atoms with Gasteiger partial charge in [0.15, 0.2) is 6.10 Å². The van der Waals surface area contributed by atoms with Gasteiger partial charge in [0.05, 0.1) is 5.75 Å². The molecule has 7 heteroatoms. The molecule has 1 amide bonds. The second-order valence-electron chi connectivity index (χ2n) is 6.23. The Morgan fingerprint density at radius 2 is 1.81 bits per heavy atom. The molecule has 0 aromatic heterocycles. The van der Waals surface area contributed by atoms with Crippen LogP contribution in [0.25, 0.3) is 0 Å². The number of thioether (sulfide) groups is 1. The van der Waals surface area contributed by atoms with Crippen molar-refractivity contribution in [3.05, 3.63) is 59.7 Å². The fraction of sp³-hybridized carbons (Fsp3) is 0.300. The minimum Gasteiger partial charge on any atom is -0.452 e. The number of ether oxygens (including phenoxy) is 1. The largest absolute Gasteiger partial charge is 0.452 e. The fourth-order valence-electron chi connectivity index (χ4n) is 2.36. The van der Waals surface area contributed by atoms with Gasteiger partial charge >= 0.3 is 5.97 Å². The van der Waals surface area contributed by atoms with Gasteiger partial charge in [0.1, 0.15) is 11.6 Å². The number of anilines is 1. The summed E-state index contributed by atoms with van der Waals surface area (Å²) in [6.07, 6.45) is -1.02. The molecule has 0 radical (unpaired) electrons. The van der Waals surface area contributed by atoms with Crippen molar-refractivity contribution in [2.75, 3.05) is 11.1 Å². The van der Waals surface area contributed by atoms with Crippen LogP contribution in [-0.4, -0.2) is 23.7 Å². The highest BCUT2D eigenvalue weighted by atomic mass is 32.2. The first-order valence-electron chi connectivity index (χ1n) is 8.45. The predicted molar refractivity (Wildman–Crippen MR) is 102 cm³/mol. The molecule has 0 fully saturated rings. The van der Waals surface area contributed by atoms with Crippen LogP contribution < -0.4 is 5.32 Å². The van der Waals surface area contributed by atoms with E-state index in [4.69, 9.17) is 4.74 Å². The summed E-state index contributed by atoms with van der Waals surface area (Å²) in [5.74, 6) is -2.38. The SMILES string of the molecule is CC(C)c1ccccc1NC(=O)[C@@H](C)OC(=O)CSc1cc(F)ccc1F. The number of carbonyl (C=O) groups is 2. The molecule has 0 heterocycles. The molecular formula is C20H21F2NO3S. The second-order valence-corrected chi connectivity index (χ2v) is 7.24. The van der Waals surface area contributed by atoms with Gasteiger partial charge in [-0.2, -0.15) is 0 Å². The molecule has 1 N–H and O–H groups in total.